The number of pyridine rings is 1. The van der Waals surface area contributed by atoms with E-state index in [1.54, 1.807) is 6.20 Å². The number of hydrogen-bond donors (Lipinski definition) is 0. The van der Waals surface area contributed by atoms with Gasteiger partial charge in [0.05, 0.1) is 12.7 Å². The van der Waals surface area contributed by atoms with Gasteiger partial charge in [-0.25, -0.2) is 0 Å². The second-order valence-corrected chi connectivity index (χ2v) is 4.69. The Morgan fingerprint density at radius 3 is 2.64 bits per heavy atom. The molecule has 0 N–H and O–H groups in total. The van der Waals surface area contributed by atoms with Gasteiger partial charge in [-0.2, -0.15) is 0 Å². The molecule has 1 atom stereocenters. The lowest BCUT2D eigenvalue weighted by atomic mass is 10.1. The van der Waals surface area contributed by atoms with Gasteiger partial charge in [-0.3, -0.25) is 4.98 Å². The van der Waals surface area contributed by atoms with Crippen LogP contribution in [-0.2, 0) is 11.3 Å². The molecule has 0 bridgehead atoms. The number of halogens is 1. The van der Waals surface area contributed by atoms with Crippen LogP contribution in [0.15, 0.2) is 22.9 Å². The molecule has 1 unspecified atom stereocenters. The maximum absolute atomic E-state index is 5.68. The molecule has 0 fully saturated rings. The third-order valence-corrected chi connectivity index (χ3v) is 2.65. The van der Waals surface area contributed by atoms with Crippen LogP contribution in [0.2, 0.25) is 0 Å². The fourth-order valence-electron chi connectivity index (χ4n) is 0.955. The van der Waals surface area contributed by atoms with Crippen molar-refractivity contribution >= 4 is 15.9 Å². The van der Waals surface area contributed by atoms with Crippen molar-refractivity contribution in [2.45, 2.75) is 33.5 Å². The lowest BCUT2D eigenvalue weighted by Crippen LogP contribution is -2.15. The number of rotatable bonds is 4. The number of nitrogens with zero attached hydrogens (tertiary/aromatic N) is 1. The third-order valence-electron chi connectivity index (χ3n) is 2.21. The molecule has 0 saturated heterocycles. The predicted molar refractivity (Wildman–Crippen MR) is 61.0 cm³/mol. The van der Waals surface area contributed by atoms with Crippen LogP contribution in [-0.4, -0.2) is 11.1 Å². The number of ether oxygens (including phenoxy) is 1. The van der Waals surface area contributed by atoms with Crippen molar-refractivity contribution in [3.05, 3.63) is 28.5 Å². The minimum absolute atomic E-state index is 0.286. The van der Waals surface area contributed by atoms with E-state index in [0.717, 1.165) is 10.0 Å². The Labute approximate surface area is 93.8 Å². The normalized spacial score (nSPS) is 13.2. The average Bonchev–Trinajstić information content (AvgIpc) is 2.14. The van der Waals surface area contributed by atoms with E-state index >= 15 is 0 Å². The minimum atomic E-state index is 0.286. The van der Waals surface area contributed by atoms with Gasteiger partial charge in [-0.1, -0.05) is 13.8 Å². The van der Waals surface area contributed by atoms with Gasteiger partial charge in [0.1, 0.15) is 0 Å². The molecule has 1 aromatic heterocycles. The topological polar surface area (TPSA) is 22.1 Å². The fraction of sp³-hybridized carbons (Fsp3) is 0.545. The highest BCUT2D eigenvalue weighted by molar-refractivity contribution is 9.10. The first kappa shape index (κ1) is 11.7. The molecule has 0 aliphatic rings. The summed E-state index contributed by atoms with van der Waals surface area (Å²) >= 11 is 3.38. The summed E-state index contributed by atoms with van der Waals surface area (Å²) in [6, 6.07) is 2.03. The summed E-state index contributed by atoms with van der Waals surface area (Å²) in [4.78, 5) is 4.08. The van der Waals surface area contributed by atoms with E-state index < -0.39 is 0 Å². The Morgan fingerprint density at radius 1 is 1.36 bits per heavy atom. The van der Waals surface area contributed by atoms with Crippen molar-refractivity contribution in [1.82, 2.24) is 4.98 Å². The van der Waals surface area contributed by atoms with E-state index in [1.807, 2.05) is 12.3 Å². The zero-order valence-electron chi connectivity index (χ0n) is 8.83. The first-order valence-electron chi connectivity index (χ1n) is 4.80. The van der Waals surface area contributed by atoms with Crippen molar-refractivity contribution < 1.29 is 4.74 Å². The Kier molecular flexibility index (Phi) is 4.55. The second kappa shape index (κ2) is 5.47. The lowest BCUT2D eigenvalue weighted by Gasteiger charge is -2.16. The van der Waals surface area contributed by atoms with Crippen molar-refractivity contribution in [1.29, 1.82) is 0 Å². The summed E-state index contributed by atoms with van der Waals surface area (Å²) in [5.74, 6) is 0.551. The van der Waals surface area contributed by atoms with Crippen LogP contribution in [0.25, 0.3) is 0 Å². The number of aromatic nitrogens is 1. The highest BCUT2D eigenvalue weighted by Crippen LogP contribution is 2.13. The molecule has 0 aliphatic heterocycles. The van der Waals surface area contributed by atoms with E-state index in [-0.39, 0.29) is 6.10 Å². The van der Waals surface area contributed by atoms with Crippen LogP contribution < -0.4 is 0 Å². The molecule has 0 saturated carbocycles. The minimum Gasteiger partial charge on any atom is -0.374 e. The van der Waals surface area contributed by atoms with Gasteiger partial charge < -0.3 is 4.74 Å². The fourth-order valence-corrected chi connectivity index (χ4v) is 1.37. The van der Waals surface area contributed by atoms with Crippen LogP contribution in [0.1, 0.15) is 26.3 Å². The zero-order valence-corrected chi connectivity index (χ0v) is 10.4. The quantitative estimate of drug-likeness (QED) is 0.825. The van der Waals surface area contributed by atoms with Crippen molar-refractivity contribution in [2.75, 3.05) is 0 Å². The molecule has 78 valence electrons. The average molecular weight is 258 g/mol. The van der Waals surface area contributed by atoms with Gasteiger partial charge in [0.2, 0.25) is 0 Å². The van der Waals surface area contributed by atoms with E-state index in [0.29, 0.717) is 12.5 Å². The highest BCUT2D eigenvalue weighted by Gasteiger charge is 2.07. The Morgan fingerprint density at radius 2 is 2.07 bits per heavy atom. The van der Waals surface area contributed by atoms with Gasteiger partial charge in [-0.05, 0) is 40.4 Å². The van der Waals surface area contributed by atoms with Crippen LogP contribution in [0.3, 0.4) is 0 Å². The van der Waals surface area contributed by atoms with Crippen LogP contribution in [0.4, 0.5) is 0 Å². The SMILES string of the molecule is CC(C)C(C)OCc1cncc(Br)c1. The van der Waals surface area contributed by atoms with Gasteiger partial charge >= 0.3 is 0 Å². The third kappa shape index (κ3) is 3.76. The van der Waals surface area contributed by atoms with Gasteiger partial charge in [0, 0.05) is 16.9 Å². The van der Waals surface area contributed by atoms with Crippen molar-refractivity contribution in [3.63, 3.8) is 0 Å². The molecule has 0 radical (unpaired) electrons. The summed E-state index contributed by atoms with van der Waals surface area (Å²) in [7, 11) is 0. The van der Waals surface area contributed by atoms with E-state index in [2.05, 4.69) is 41.7 Å². The standard InChI is InChI=1S/C11H16BrNO/c1-8(2)9(3)14-7-10-4-11(12)6-13-5-10/h4-6,8-9H,7H2,1-3H3. The van der Waals surface area contributed by atoms with E-state index in [9.17, 15) is 0 Å². The smallest absolute Gasteiger partial charge is 0.0735 e. The molecule has 1 rings (SSSR count). The molecule has 1 aromatic rings. The summed E-state index contributed by atoms with van der Waals surface area (Å²) in [6.45, 7) is 7.04. The van der Waals surface area contributed by atoms with Gasteiger partial charge in [0.25, 0.3) is 0 Å². The first-order valence-corrected chi connectivity index (χ1v) is 5.60. The highest BCUT2D eigenvalue weighted by atomic mass is 79.9. The predicted octanol–water partition coefficient (Wildman–Crippen LogP) is 3.41. The monoisotopic (exact) mass is 257 g/mol. The zero-order chi connectivity index (χ0) is 10.6. The summed E-state index contributed by atoms with van der Waals surface area (Å²) in [5, 5.41) is 0. The summed E-state index contributed by atoms with van der Waals surface area (Å²) < 4.78 is 6.68. The van der Waals surface area contributed by atoms with Crippen LogP contribution >= 0.6 is 15.9 Å². The van der Waals surface area contributed by atoms with E-state index in [1.165, 1.54) is 0 Å². The van der Waals surface area contributed by atoms with Gasteiger partial charge in [-0.15, -0.1) is 0 Å². The maximum atomic E-state index is 5.68. The lowest BCUT2D eigenvalue weighted by molar-refractivity contribution is 0.0233. The summed E-state index contributed by atoms with van der Waals surface area (Å²) in [5.41, 5.74) is 1.10. The van der Waals surface area contributed by atoms with Crippen molar-refractivity contribution in [3.8, 4) is 0 Å². The molecule has 2 nitrogen and oxygen atoms in total. The number of hydrogen-bond acceptors (Lipinski definition) is 2. The van der Waals surface area contributed by atoms with E-state index in [4.69, 9.17) is 4.74 Å². The largest absolute Gasteiger partial charge is 0.374 e. The second-order valence-electron chi connectivity index (χ2n) is 3.77. The molecule has 0 amide bonds. The Hall–Kier alpha value is -0.410. The van der Waals surface area contributed by atoms with Crippen LogP contribution in [0.5, 0.6) is 0 Å². The Bertz CT molecular complexity index is 288. The molecule has 14 heavy (non-hydrogen) atoms. The van der Waals surface area contributed by atoms with Crippen molar-refractivity contribution in [2.24, 2.45) is 5.92 Å². The molecular formula is C11H16BrNO. The van der Waals surface area contributed by atoms with Crippen LogP contribution in [0, 0.1) is 5.92 Å². The Balaban J connectivity index is 2.45. The first-order chi connectivity index (χ1) is 6.59. The maximum Gasteiger partial charge on any atom is 0.0735 e. The molecule has 3 heteroatoms. The van der Waals surface area contributed by atoms with Gasteiger partial charge in [0.15, 0.2) is 0 Å². The summed E-state index contributed by atoms with van der Waals surface area (Å²) in [6.07, 6.45) is 3.89. The molecular weight excluding hydrogens is 242 g/mol. The molecule has 0 aromatic carbocycles. The molecule has 0 aliphatic carbocycles. The molecule has 0 spiro atoms. The molecule has 1 heterocycles.